The molecule has 1 aliphatic heterocycles. The van der Waals surface area contributed by atoms with Crippen LogP contribution < -0.4 is 9.47 Å². The predicted octanol–water partition coefficient (Wildman–Crippen LogP) is 3.13. The molecule has 0 aliphatic carbocycles. The first-order chi connectivity index (χ1) is 7.15. The Hall–Kier alpha value is -0.700. The van der Waals surface area contributed by atoms with Crippen molar-refractivity contribution in [2.75, 3.05) is 18.5 Å². The van der Waals surface area contributed by atoms with E-state index in [0.29, 0.717) is 13.2 Å². The molecule has 0 bridgehead atoms. The summed E-state index contributed by atoms with van der Waals surface area (Å²) in [4.78, 5) is 0. The normalized spacial score (nSPS) is 15.1. The first-order valence-electron chi connectivity index (χ1n) is 5.10. The first-order valence-corrected chi connectivity index (χ1v) is 6.22. The van der Waals surface area contributed by atoms with Crippen LogP contribution in [0, 0.1) is 0 Å². The number of para-hydroxylation sites is 1. The highest BCUT2D eigenvalue weighted by molar-refractivity contribution is 9.09. The molecular formula is C12H15BrO2. The van der Waals surface area contributed by atoms with E-state index in [1.165, 1.54) is 5.56 Å². The van der Waals surface area contributed by atoms with Gasteiger partial charge in [-0.25, -0.2) is 0 Å². The number of halogens is 1. The van der Waals surface area contributed by atoms with Crippen molar-refractivity contribution in [1.82, 2.24) is 0 Å². The molecular weight excluding hydrogens is 256 g/mol. The number of hydrogen-bond donors (Lipinski definition) is 0. The number of benzene rings is 1. The van der Waals surface area contributed by atoms with Crippen LogP contribution in [0.15, 0.2) is 18.2 Å². The summed E-state index contributed by atoms with van der Waals surface area (Å²) in [6.45, 7) is 5.66. The molecule has 1 aromatic rings. The number of ether oxygens (including phenoxy) is 2. The zero-order valence-corrected chi connectivity index (χ0v) is 10.6. The summed E-state index contributed by atoms with van der Waals surface area (Å²) in [5.74, 6) is 1.78. The van der Waals surface area contributed by atoms with Crippen molar-refractivity contribution in [3.05, 3.63) is 23.8 Å². The molecule has 1 aliphatic rings. The molecule has 0 amide bonds. The zero-order chi connectivity index (χ0) is 10.9. The molecule has 0 aromatic heterocycles. The van der Waals surface area contributed by atoms with Crippen molar-refractivity contribution in [1.29, 1.82) is 0 Å². The Morgan fingerprint density at radius 3 is 2.73 bits per heavy atom. The quantitative estimate of drug-likeness (QED) is 0.769. The van der Waals surface area contributed by atoms with Crippen molar-refractivity contribution >= 4 is 15.9 Å². The number of fused-ring (bicyclic) bond motifs is 1. The smallest absolute Gasteiger partial charge is 0.165 e. The zero-order valence-electron chi connectivity index (χ0n) is 9.05. The third kappa shape index (κ3) is 1.98. The van der Waals surface area contributed by atoms with Crippen molar-refractivity contribution < 1.29 is 9.47 Å². The second-order valence-electron chi connectivity index (χ2n) is 4.35. The van der Waals surface area contributed by atoms with Gasteiger partial charge in [0.15, 0.2) is 11.5 Å². The summed E-state index contributed by atoms with van der Waals surface area (Å²) in [6.07, 6.45) is 0. The average molecular weight is 271 g/mol. The van der Waals surface area contributed by atoms with E-state index in [1.807, 2.05) is 12.1 Å². The molecule has 0 N–H and O–H groups in total. The van der Waals surface area contributed by atoms with E-state index in [2.05, 4.69) is 35.8 Å². The SMILES string of the molecule is CC(C)(CBr)c1cccc2c1OCCO2. The van der Waals surface area contributed by atoms with E-state index in [-0.39, 0.29) is 5.41 Å². The van der Waals surface area contributed by atoms with Crippen LogP contribution in [0.3, 0.4) is 0 Å². The van der Waals surface area contributed by atoms with Gasteiger partial charge in [0.25, 0.3) is 0 Å². The Labute approximate surface area is 98.7 Å². The highest BCUT2D eigenvalue weighted by atomic mass is 79.9. The van der Waals surface area contributed by atoms with Gasteiger partial charge in [-0.05, 0) is 6.07 Å². The molecule has 0 radical (unpaired) electrons. The molecule has 0 spiro atoms. The van der Waals surface area contributed by atoms with Crippen molar-refractivity contribution in [3.63, 3.8) is 0 Å². The van der Waals surface area contributed by atoms with Crippen LogP contribution in [-0.2, 0) is 5.41 Å². The molecule has 0 saturated carbocycles. The van der Waals surface area contributed by atoms with Crippen LogP contribution in [-0.4, -0.2) is 18.5 Å². The maximum absolute atomic E-state index is 5.70. The van der Waals surface area contributed by atoms with E-state index < -0.39 is 0 Å². The summed E-state index contributed by atoms with van der Waals surface area (Å²) in [7, 11) is 0. The fourth-order valence-corrected chi connectivity index (χ4v) is 1.98. The lowest BCUT2D eigenvalue weighted by Gasteiger charge is -2.28. The molecule has 2 nitrogen and oxygen atoms in total. The van der Waals surface area contributed by atoms with Crippen LogP contribution in [0.5, 0.6) is 11.5 Å². The lowest BCUT2D eigenvalue weighted by Crippen LogP contribution is -2.23. The minimum absolute atomic E-state index is 0.0616. The van der Waals surface area contributed by atoms with Gasteiger partial charge < -0.3 is 9.47 Å². The lowest BCUT2D eigenvalue weighted by atomic mass is 9.86. The highest BCUT2D eigenvalue weighted by Crippen LogP contribution is 2.40. The Kier molecular flexibility index (Phi) is 2.91. The Bertz CT molecular complexity index is 361. The second-order valence-corrected chi connectivity index (χ2v) is 4.91. The lowest BCUT2D eigenvalue weighted by molar-refractivity contribution is 0.168. The summed E-state index contributed by atoms with van der Waals surface area (Å²) in [5, 5.41) is 0.903. The molecule has 82 valence electrons. The summed E-state index contributed by atoms with van der Waals surface area (Å²) >= 11 is 3.54. The first kappa shape index (κ1) is 10.8. The van der Waals surface area contributed by atoms with E-state index in [4.69, 9.17) is 9.47 Å². The summed E-state index contributed by atoms with van der Waals surface area (Å²) in [6, 6.07) is 6.09. The van der Waals surface area contributed by atoms with Gasteiger partial charge in [0, 0.05) is 16.3 Å². The molecule has 3 heteroatoms. The van der Waals surface area contributed by atoms with Crippen molar-refractivity contribution in [2.24, 2.45) is 0 Å². The molecule has 1 heterocycles. The van der Waals surface area contributed by atoms with Crippen molar-refractivity contribution in [3.8, 4) is 11.5 Å². The monoisotopic (exact) mass is 270 g/mol. The molecule has 0 unspecified atom stereocenters. The Morgan fingerprint density at radius 1 is 1.27 bits per heavy atom. The number of rotatable bonds is 2. The van der Waals surface area contributed by atoms with Crippen molar-refractivity contribution in [2.45, 2.75) is 19.3 Å². The van der Waals surface area contributed by atoms with Gasteiger partial charge in [0.2, 0.25) is 0 Å². The predicted molar refractivity (Wildman–Crippen MR) is 64.3 cm³/mol. The van der Waals surface area contributed by atoms with Gasteiger partial charge in [0.05, 0.1) is 0 Å². The maximum Gasteiger partial charge on any atom is 0.165 e. The highest BCUT2D eigenvalue weighted by Gasteiger charge is 2.26. The minimum atomic E-state index is 0.0616. The van der Waals surface area contributed by atoms with E-state index in [0.717, 1.165) is 16.8 Å². The number of hydrogen-bond acceptors (Lipinski definition) is 2. The summed E-state index contributed by atoms with van der Waals surface area (Å²) in [5.41, 5.74) is 1.27. The van der Waals surface area contributed by atoms with E-state index >= 15 is 0 Å². The van der Waals surface area contributed by atoms with E-state index in [9.17, 15) is 0 Å². The van der Waals surface area contributed by atoms with E-state index in [1.54, 1.807) is 0 Å². The molecule has 0 saturated heterocycles. The fraction of sp³-hybridized carbons (Fsp3) is 0.500. The van der Waals surface area contributed by atoms with Crippen LogP contribution >= 0.6 is 15.9 Å². The van der Waals surface area contributed by atoms with Crippen LogP contribution in [0.4, 0.5) is 0 Å². The van der Waals surface area contributed by atoms with Gasteiger partial charge in [0.1, 0.15) is 13.2 Å². The van der Waals surface area contributed by atoms with Gasteiger partial charge >= 0.3 is 0 Å². The van der Waals surface area contributed by atoms with Crippen LogP contribution in [0.25, 0.3) is 0 Å². The Morgan fingerprint density at radius 2 is 2.00 bits per heavy atom. The molecule has 0 fully saturated rings. The standard InChI is InChI=1S/C12H15BrO2/c1-12(2,8-13)9-4-3-5-10-11(9)15-7-6-14-10/h3-5H,6-8H2,1-2H3. The van der Waals surface area contributed by atoms with Crippen LogP contribution in [0.1, 0.15) is 19.4 Å². The summed E-state index contributed by atoms with van der Waals surface area (Å²) < 4.78 is 11.3. The molecule has 15 heavy (non-hydrogen) atoms. The maximum atomic E-state index is 5.70. The fourth-order valence-electron chi connectivity index (χ4n) is 1.68. The number of alkyl halides is 1. The largest absolute Gasteiger partial charge is 0.486 e. The topological polar surface area (TPSA) is 18.5 Å². The third-order valence-electron chi connectivity index (χ3n) is 2.63. The molecule has 0 atom stereocenters. The second kappa shape index (κ2) is 4.05. The average Bonchev–Trinajstić information content (AvgIpc) is 2.28. The third-order valence-corrected chi connectivity index (χ3v) is 4.03. The van der Waals surface area contributed by atoms with Gasteiger partial charge in [-0.15, -0.1) is 0 Å². The van der Waals surface area contributed by atoms with Gasteiger partial charge in [-0.2, -0.15) is 0 Å². The van der Waals surface area contributed by atoms with Gasteiger partial charge in [-0.3, -0.25) is 0 Å². The minimum Gasteiger partial charge on any atom is -0.486 e. The van der Waals surface area contributed by atoms with Crippen LogP contribution in [0.2, 0.25) is 0 Å². The Balaban J connectivity index is 2.48. The molecule has 2 rings (SSSR count). The van der Waals surface area contributed by atoms with Gasteiger partial charge in [-0.1, -0.05) is 41.9 Å². The molecule has 1 aromatic carbocycles.